The number of rotatable bonds is 5. The fourth-order valence-electron chi connectivity index (χ4n) is 3.64. The molecule has 0 saturated heterocycles. The highest BCUT2D eigenvalue weighted by Gasteiger charge is 2.20. The molecule has 3 aromatic rings. The number of carbonyl (C=O) groups is 1. The van der Waals surface area contributed by atoms with Crippen molar-refractivity contribution in [2.24, 2.45) is 4.99 Å². The van der Waals surface area contributed by atoms with Crippen LogP contribution in [0.4, 0.5) is 5.69 Å². The predicted molar refractivity (Wildman–Crippen MR) is 111 cm³/mol. The van der Waals surface area contributed by atoms with Crippen LogP contribution in [-0.2, 0) is 0 Å². The lowest BCUT2D eigenvalue weighted by molar-refractivity contribution is 0.0934. The standard InChI is InChI=1S/C23H24N2O4/c1-27-18-12-10-17(11-13-18)25-23-19(22(26)24-16-7-3-4-8-16)14-15-6-5-9-20(28-2)21(15)29-23/h5-6,9-14,16H,3-4,7-8H2,1-2H3,(H,24,26). The zero-order valence-corrected chi connectivity index (χ0v) is 16.6. The summed E-state index contributed by atoms with van der Waals surface area (Å²) in [6.07, 6.45) is 4.31. The number of nitrogens with one attached hydrogen (secondary N) is 1. The summed E-state index contributed by atoms with van der Waals surface area (Å²) in [5.41, 5.74) is 1.88. The molecule has 1 aromatic heterocycles. The van der Waals surface area contributed by atoms with Crippen LogP contribution in [0.15, 0.2) is 57.9 Å². The molecular formula is C23H24N2O4. The summed E-state index contributed by atoms with van der Waals surface area (Å²) < 4.78 is 16.7. The van der Waals surface area contributed by atoms with Crippen LogP contribution in [0.5, 0.6) is 11.5 Å². The van der Waals surface area contributed by atoms with Crippen LogP contribution in [0.2, 0.25) is 0 Å². The van der Waals surface area contributed by atoms with Crippen molar-refractivity contribution in [3.8, 4) is 11.5 Å². The molecule has 150 valence electrons. The highest BCUT2D eigenvalue weighted by molar-refractivity contribution is 5.97. The van der Waals surface area contributed by atoms with Crippen molar-refractivity contribution >= 4 is 22.6 Å². The van der Waals surface area contributed by atoms with Gasteiger partial charge in [0.05, 0.1) is 19.9 Å². The molecule has 0 spiro atoms. The van der Waals surface area contributed by atoms with Gasteiger partial charge < -0.3 is 19.2 Å². The van der Waals surface area contributed by atoms with E-state index in [1.807, 2.05) is 48.5 Å². The Kier molecular flexibility index (Phi) is 5.51. The third kappa shape index (κ3) is 4.11. The van der Waals surface area contributed by atoms with Crippen molar-refractivity contribution in [3.63, 3.8) is 0 Å². The van der Waals surface area contributed by atoms with Gasteiger partial charge >= 0.3 is 0 Å². The Bertz CT molecular complexity index is 1080. The monoisotopic (exact) mass is 392 g/mol. The Labute approximate surface area is 169 Å². The number of hydrogen-bond acceptors (Lipinski definition) is 5. The van der Waals surface area contributed by atoms with Gasteiger partial charge in [-0.1, -0.05) is 25.0 Å². The van der Waals surface area contributed by atoms with Gasteiger partial charge in [-0.25, -0.2) is 4.99 Å². The van der Waals surface area contributed by atoms with Crippen LogP contribution in [0.1, 0.15) is 36.0 Å². The van der Waals surface area contributed by atoms with Gasteiger partial charge in [-0.15, -0.1) is 0 Å². The summed E-state index contributed by atoms with van der Waals surface area (Å²) in [5.74, 6) is 1.16. The Morgan fingerprint density at radius 2 is 1.83 bits per heavy atom. The first-order valence-electron chi connectivity index (χ1n) is 9.78. The minimum absolute atomic E-state index is 0.169. The quantitative estimate of drug-likeness (QED) is 0.700. The maximum atomic E-state index is 13.0. The van der Waals surface area contributed by atoms with Crippen molar-refractivity contribution in [1.29, 1.82) is 0 Å². The molecule has 1 amide bonds. The van der Waals surface area contributed by atoms with E-state index in [0.717, 1.165) is 36.8 Å². The largest absolute Gasteiger partial charge is 0.497 e. The second-order valence-corrected chi connectivity index (χ2v) is 7.11. The molecule has 1 saturated carbocycles. The third-order valence-electron chi connectivity index (χ3n) is 5.20. The van der Waals surface area contributed by atoms with Crippen LogP contribution in [0.3, 0.4) is 0 Å². The Morgan fingerprint density at radius 3 is 2.52 bits per heavy atom. The van der Waals surface area contributed by atoms with Gasteiger partial charge in [0.15, 0.2) is 11.3 Å². The second-order valence-electron chi connectivity index (χ2n) is 7.11. The molecule has 29 heavy (non-hydrogen) atoms. The van der Waals surface area contributed by atoms with Crippen LogP contribution in [-0.4, -0.2) is 26.2 Å². The summed E-state index contributed by atoms with van der Waals surface area (Å²) in [5, 5.41) is 3.91. The first-order valence-corrected chi connectivity index (χ1v) is 9.78. The first kappa shape index (κ1) is 19.1. The lowest BCUT2D eigenvalue weighted by Crippen LogP contribution is -2.35. The number of carbonyl (C=O) groups excluding carboxylic acids is 1. The van der Waals surface area contributed by atoms with E-state index >= 15 is 0 Å². The highest BCUT2D eigenvalue weighted by atomic mass is 16.5. The molecule has 1 N–H and O–H groups in total. The van der Waals surface area contributed by atoms with Crippen molar-refractivity contribution in [2.45, 2.75) is 31.7 Å². The fourth-order valence-corrected chi connectivity index (χ4v) is 3.64. The van der Waals surface area contributed by atoms with E-state index in [1.165, 1.54) is 0 Å². The fraction of sp³-hybridized carbons (Fsp3) is 0.304. The van der Waals surface area contributed by atoms with Gasteiger partial charge in [0.2, 0.25) is 5.55 Å². The van der Waals surface area contributed by atoms with Crippen LogP contribution < -0.4 is 20.3 Å². The van der Waals surface area contributed by atoms with Crippen LogP contribution in [0, 0.1) is 0 Å². The van der Waals surface area contributed by atoms with E-state index in [0.29, 0.717) is 22.6 Å². The summed E-state index contributed by atoms with van der Waals surface area (Å²) in [6.45, 7) is 0. The molecule has 0 atom stereocenters. The number of hydrogen-bond donors (Lipinski definition) is 1. The summed E-state index contributed by atoms with van der Waals surface area (Å²) in [7, 11) is 3.20. The minimum Gasteiger partial charge on any atom is -0.497 e. The molecule has 0 bridgehead atoms. The minimum atomic E-state index is -0.169. The average Bonchev–Trinajstić information content (AvgIpc) is 3.26. The van der Waals surface area contributed by atoms with E-state index in [9.17, 15) is 4.79 Å². The smallest absolute Gasteiger partial charge is 0.257 e. The zero-order valence-electron chi connectivity index (χ0n) is 16.6. The van der Waals surface area contributed by atoms with Crippen LogP contribution >= 0.6 is 0 Å². The number of ether oxygens (including phenoxy) is 2. The number of amides is 1. The van der Waals surface area contributed by atoms with Gasteiger partial charge in [0.1, 0.15) is 11.3 Å². The predicted octanol–water partition coefficient (Wildman–Crippen LogP) is 4.35. The SMILES string of the molecule is COc1ccc(N=c2oc3c(OC)cccc3cc2C(=O)NC2CCCC2)cc1. The number of fused-ring (bicyclic) bond motifs is 1. The molecule has 1 fully saturated rings. The van der Waals surface area contributed by atoms with Gasteiger partial charge in [-0.05, 0) is 49.2 Å². The molecular weight excluding hydrogens is 368 g/mol. The van der Waals surface area contributed by atoms with E-state index in [2.05, 4.69) is 10.3 Å². The maximum absolute atomic E-state index is 13.0. The number of nitrogens with zero attached hydrogens (tertiary/aromatic N) is 1. The Morgan fingerprint density at radius 1 is 1.07 bits per heavy atom. The topological polar surface area (TPSA) is 73.1 Å². The molecule has 0 radical (unpaired) electrons. The van der Waals surface area contributed by atoms with Crippen molar-refractivity contribution in [3.05, 3.63) is 59.6 Å². The second kappa shape index (κ2) is 8.39. The van der Waals surface area contributed by atoms with E-state index in [1.54, 1.807) is 14.2 Å². The number of benzene rings is 2. The first-order chi connectivity index (χ1) is 14.2. The lowest BCUT2D eigenvalue weighted by Gasteiger charge is -2.13. The lowest BCUT2D eigenvalue weighted by atomic mass is 10.1. The third-order valence-corrected chi connectivity index (χ3v) is 5.20. The van der Waals surface area contributed by atoms with Crippen molar-refractivity contribution < 1.29 is 18.7 Å². The molecule has 6 nitrogen and oxygen atoms in total. The Hall–Kier alpha value is -3.28. The molecule has 1 heterocycles. The van der Waals surface area contributed by atoms with Gasteiger partial charge in [0.25, 0.3) is 5.91 Å². The summed E-state index contributed by atoms with van der Waals surface area (Å²) >= 11 is 0. The number of methoxy groups -OCH3 is 2. The van der Waals surface area contributed by atoms with Crippen molar-refractivity contribution in [2.75, 3.05) is 14.2 Å². The summed E-state index contributed by atoms with van der Waals surface area (Å²) in [6, 6.07) is 14.9. The molecule has 4 rings (SSSR count). The molecule has 2 aromatic carbocycles. The van der Waals surface area contributed by atoms with Gasteiger partial charge in [-0.3, -0.25) is 4.79 Å². The van der Waals surface area contributed by atoms with Gasteiger partial charge in [0, 0.05) is 11.4 Å². The number of para-hydroxylation sites is 1. The van der Waals surface area contributed by atoms with E-state index in [4.69, 9.17) is 13.9 Å². The van der Waals surface area contributed by atoms with Gasteiger partial charge in [-0.2, -0.15) is 0 Å². The Balaban J connectivity index is 1.83. The molecule has 0 unspecified atom stereocenters. The van der Waals surface area contributed by atoms with E-state index < -0.39 is 0 Å². The van der Waals surface area contributed by atoms with Crippen molar-refractivity contribution in [1.82, 2.24) is 5.32 Å². The van der Waals surface area contributed by atoms with E-state index in [-0.39, 0.29) is 17.5 Å². The zero-order chi connectivity index (χ0) is 20.2. The molecule has 1 aliphatic carbocycles. The normalized spacial score (nSPS) is 14.9. The van der Waals surface area contributed by atoms with Crippen LogP contribution in [0.25, 0.3) is 11.0 Å². The molecule has 0 aliphatic heterocycles. The summed E-state index contributed by atoms with van der Waals surface area (Å²) in [4.78, 5) is 17.6. The molecule has 1 aliphatic rings. The maximum Gasteiger partial charge on any atom is 0.257 e. The molecule has 6 heteroatoms. The average molecular weight is 392 g/mol. The highest BCUT2D eigenvalue weighted by Crippen LogP contribution is 2.25.